The van der Waals surface area contributed by atoms with E-state index < -0.39 is 5.60 Å². The molecule has 6 nitrogen and oxygen atoms in total. The first-order valence-electron chi connectivity index (χ1n) is 9.21. The Morgan fingerprint density at radius 1 is 1.30 bits per heavy atom. The van der Waals surface area contributed by atoms with Gasteiger partial charge in [0.2, 0.25) is 5.91 Å². The van der Waals surface area contributed by atoms with E-state index in [2.05, 4.69) is 6.58 Å². The number of carbonyl (C=O) groups is 2. The van der Waals surface area contributed by atoms with Gasteiger partial charge in [0.25, 0.3) is 0 Å². The van der Waals surface area contributed by atoms with Gasteiger partial charge in [-0.2, -0.15) is 0 Å². The van der Waals surface area contributed by atoms with Crippen molar-refractivity contribution in [3.8, 4) is 5.75 Å². The molecule has 0 radical (unpaired) electrons. The first kappa shape index (κ1) is 20.8. The smallest absolute Gasteiger partial charge is 0.410 e. The van der Waals surface area contributed by atoms with Gasteiger partial charge in [0.15, 0.2) is 0 Å². The topological polar surface area (TPSA) is 59.1 Å². The second kappa shape index (κ2) is 8.46. The molecule has 1 atom stereocenters. The highest BCUT2D eigenvalue weighted by atomic mass is 16.6. The lowest BCUT2D eigenvalue weighted by Crippen LogP contribution is -2.56. The lowest BCUT2D eigenvalue weighted by atomic mass is 10.0. The number of nitrogens with zero attached hydrogens (tertiary/aromatic N) is 2. The SMILES string of the molecule is C=Cc1ccc(OC)c(CC(=O)N2CCN(C(=O)OC(C)(C)C)CC2C)c1. The Morgan fingerprint density at radius 2 is 2.00 bits per heavy atom. The van der Waals surface area contributed by atoms with Gasteiger partial charge in [0.1, 0.15) is 11.4 Å². The molecule has 0 aromatic heterocycles. The van der Waals surface area contributed by atoms with E-state index in [-0.39, 0.29) is 24.5 Å². The standard InChI is InChI=1S/C21H30N2O4/c1-7-16-8-9-18(26-6)17(12-16)13-19(24)23-11-10-22(14-15(23)2)20(25)27-21(3,4)5/h7-9,12,15H,1,10-11,13-14H2,2-6H3. The molecule has 1 aromatic rings. The highest BCUT2D eigenvalue weighted by Gasteiger charge is 2.32. The van der Waals surface area contributed by atoms with Crippen LogP contribution in [0.25, 0.3) is 6.08 Å². The zero-order chi connectivity index (χ0) is 20.2. The molecule has 6 heteroatoms. The average Bonchev–Trinajstić information content (AvgIpc) is 2.59. The van der Waals surface area contributed by atoms with E-state index in [4.69, 9.17) is 9.47 Å². The monoisotopic (exact) mass is 374 g/mol. The summed E-state index contributed by atoms with van der Waals surface area (Å²) in [5.74, 6) is 0.708. The number of piperazine rings is 1. The molecule has 0 saturated carbocycles. The molecule has 0 bridgehead atoms. The van der Waals surface area contributed by atoms with E-state index >= 15 is 0 Å². The van der Waals surface area contributed by atoms with E-state index in [1.54, 1.807) is 18.1 Å². The van der Waals surface area contributed by atoms with Crippen molar-refractivity contribution in [1.29, 1.82) is 0 Å². The molecule has 1 saturated heterocycles. The van der Waals surface area contributed by atoms with Crippen molar-refractivity contribution in [3.63, 3.8) is 0 Å². The Labute approximate surface area is 161 Å². The number of ether oxygens (including phenoxy) is 2. The Morgan fingerprint density at radius 3 is 2.56 bits per heavy atom. The third kappa shape index (κ3) is 5.49. The summed E-state index contributed by atoms with van der Waals surface area (Å²) in [6, 6.07) is 5.60. The van der Waals surface area contributed by atoms with Crippen molar-refractivity contribution in [2.75, 3.05) is 26.7 Å². The molecular weight excluding hydrogens is 344 g/mol. The van der Waals surface area contributed by atoms with E-state index in [0.29, 0.717) is 25.4 Å². The van der Waals surface area contributed by atoms with Crippen LogP contribution in [0.15, 0.2) is 24.8 Å². The molecule has 0 aliphatic carbocycles. The van der Waals surface area contributed by atoms with Gasteiger partial charge in [-0.15, -0.1) is 0 Å². The fourth-order valence-electron chi connectivity index (χ4n) is 3.15. The fraction of sp³-hybridized carbons (Fsp3) is 0.524. The molecule has 2 rings (SSSR count). The number of rotatable bonds is 4. The van der Waals surface area contributed by atoms with Crippen molar-refractivity contribution < 1.29 is 19.1 Å². The van der Waals surface area contributed by atoms with E-state index in [0.717, 1.165) is 11.1 Å². The molecule has 1 fully saturated rings. The van der Waals surface area contributed by atoms with Gasteiger partial charge in [0, 0.05) is 31.2 Å². The van der Waals surface area contributed by atoms with Crippen LogP contribution >= 0.6 is 0 Å². The van der Waals surface area contributed by atoms with Crippen LogP contribution in [-0.4, -0.2) is 60.2 Å². The molecule has 27 heavy (non-hydrogen) atoms. The molecule has 1 unspecified atom stereocenters. The van der Waals surface area contributed by atoms with Gasteiger partial charge in [0.05, 0.1) is 13.5 Å². The Kier molecular flexibility index (Phi) is 6.52. The van der Waals surface area contributed by atoms with E-state index in [1.165, 1.54) is 0 Å². The third-order valence-corrected chi connectivity index (χ3v) is 4.48. The van der Waals surface area contributed by atoms with Gasteiger partial charge in [-0.25, -0.2) is 4.79 Å². The normalized spacial score (nSPS) is 17.4. The highest BCUT2D eigenvalue weighted by molar-refractivity contribution is 5.80. The van der Waals surface area contributed by atoms with Crippen molar-refractivity contribution in [2.24, 2.45) is 0 Å². The maximum atomic E-state index is 12.9. The summed E-state index contributed by atoms with van der Waals surface area (Å²) in [5.41, 5.74) is 1.25. The molecule has 1 aliphatic rings. The summed E-state index contributed by atoms with van der Waals surface area (Å²) in [4.78, 5) is 28.6. The third-order valence-electron chi connectivity index (χ3n) is 4.48. The largest absolute Gasteiger partial charge is 0.496 e. The van der Waals surface area contributed by atoms with Gasteiger partial charge in [-0.1, -0.05) is 18.7 Å². The van der Waals surface area contributed by atoms with Crippen LogP contribution in [0.4, 0.5) is 4.79 Å². The zero-order valence-corrected chi connectivity index (χ0v) is 16.9. The quantitative estimate of drug-likeness (QED) is 0.811. The number of benzene rings is 1. The summed E-state index contributed by atoms with van der Waals surface area (Å²) in [6.45, 7) is 12.7. The van der Waals surface area contributed by atoms with Crippen molar-refractivity contribution in [1.82, 2.24) is 9.80 Å². The van der Waals surface area contributed by atoms with Crippen LogP contribution in [-0.2, 0) is 16.0 Å². The van der Waals surface area contributed by atoms with Crippen molar-refractivity contribution in [3.05, 3.63) is 35.9 Å². The minimum absolute atomic E-state index is 0.0193. The molecule has 148 valence electrons. The maximum absolute atomic E-state index is 12.9. The van der Waals surface area contributed by atoms with E-state index in [1.807, 2.05) is 50.8 Å². The van der Waals surface area contributed by atoms with Gasteiger partial charge >= 0.3 is 6.09 Å². The molecule has 0 spiro atoms. The molecule has 1 aromatic carbocycles. The predicted molar refractivity (Wildman–Crippen MR) is 106 cm³/mol. The van der Waals surface area contributed by atoms with Crippen LogP contribution < -0.4 is 4.74 Å². The molecule has 1 aliphatic heterocycles. The second-order valence-corrected chi connectivity index (χ2v) is 7.81. The second-order valence-electron chi connectivity index (χ2n) is 7.81. The maximum Gasteiger partial charge on any atom is 0.410 e. The fourth-order valence-corrected chi connectivity index (χ4v) is 3.15. The van der Waals surface area contributed by atoms with Crippen molar-refractivity contribution >= 4 is 18.1 Å². The molecule has 1 heterocycles. The summed E-state index contributed by atoms with van der Waals surface area (Å²) in [7, 11) is 1.60. The Hall–Kier alpha value is -2.50. The molecule has 0 N–H and O–H groups in total. The zero-order valence-electron chi connectivity index (χ0n) is 16.9. The minimum Gasteiger partial charge on any atom is -0.496 e. The number of hydrogen-bond donors (Lipinski definition) is 0. The Balaban J connectivity index is 2.03. The molecular formula is C21H30N2O4. The highest BCUT2D eigenvalue weighted by Crippen LogP contribution is 2.23. The number of methoxy groups -OCH3 is 1. The number of amides is 2. The summed E-state index contributed by atoms with van der Waals surface area (Å²) in [5, 5.41) is 0. The Bertz CT molecular complexity index is 709. The van der Waals surface area contributed by atoms with Crippen molar-refractivity contribution in [2.45, 2.75) is 45.8 Å². The first-order valence-corrected chi connectivity index (χ1v) is 9.21. The van der Waals surface area contributed by atoms with Crippen LogP contribution in [0, 0.1) is 0 Å². The molecule has 2 amide bonds. The number of carbonyl (C=O) groups excluding carboxylic acids is 2. The van der Waals surface area contributed by atoms with Crippen LogP contribution in [0.3, 0.4) is 0 Å². The van der Waals surface area contributed by atoms with Gasteiger partial charge < -0.3 is 19.3 Å². The lowest BCUT2D eigenvalue weighted by Gasteiger charge is -2.40. The lowest BCUT2D eigenvalue weighted by molar-refractivity contribution is -0.134. The first-order chi connectivity index (χ1) is 12.6. The van der Waals surface area contributed by atoms with E-state index in [9.17, 15) is 9.59 Å². The summed E-state index contributed by atoms with van der Waals surface area (Å²) in [6.07, 6.45) is 1.67. The minimum atomic E-state index is -0.528. The van der Waals surface area contributed by atoms with Crippen LogP contribution in [0.2, 0.25) is 0 Å². The number of hydrogen-bond acceptors (Lipinski definition) is 4. The van der Waals surface area contributed by atoms with Crippen LogP contribution in [0.1, 0.15) is 38.8 Å². The van der Waals surface area contributed by atoms with Gasteiger partial charge in [-0.05, 0) is 45.4 Å². The summed E-state index contributed by atoms with van der Waals surface area (Å²) < 4.78 is 10.8. The van der Waals surface area contributed by atoms with Crippen LogP contribution in [0.5, 0.6) is 5.75 Å². The van der Waals surface area contributed by atoms with Gasteiger partial charge in [-0.3, -0.25) is 4.79 Å². The summed E-state index contributed by atoms with van der Waals surface area (Å²) >= 11 is 0. The average molecular weight is 374 g/mol. The predicted octanol–water partition coefficient (Wildman–Crippen LogP) is 3.35.